The second-order valence-electron chi connectivity index (χ2n) is 11.7. The maximum atomic E-state index is 13.7. The smallest absolute Gasteiger partial charge is 0.237 e. The van der Waals surface area contributed by atoms with Crippen LogP contribution in [0.5, 0.6) is 0 Å². The van der Waals surface area contributed by atoms with Crippen LogP contribution in [0.25, 0.3) is 10.9 Å². The second kappa shape index (κ2) is 12.1. The van der Waals surface area contributed by atoms with Crippen LogP contribution in [-0.2, 0) is 23.2 Å². The zero-order chi connectivity index (χ0) is 26.5. The van der Waals surface area contributed by atoms with Gasteiger partial charge in [-0.3, -0.25) is 9.69 Å². The van der Waals surface area contributed by atoms with Crippen molar-refractivity contribution in [2.24, 2.45) is 5.92 Å². The van der Waals surface area contributed by atoms with Crippen molar-refractivity contribution >= 4 is 16.8 Å². The van der Waals surface area contributed by atoms with Crippen molar-refractivity contribution in [2.45, 2.75) is 79.0 Å². The Morgan fingerprint density at radius 3 is 2.28 bits per heavy atom. The van der Waals surface area contributed by atoms with Crippen LogP contribution in [0, 0.1) is 5.92 Å². The summed E-state index contributed by atoms with van der Waals surface area (Å²) in [6.07, 6.45) is 2.39. The largest absolute Gasteiger partial charge is 0.392 e. The Labute approximate surface area is 217 Å². The molecule has 0 bridgehead atoms. The molecule has 1 amide bonds. The lowest BCUT2D eigenvalue weighted by Gasteiger charge is -2.32. The highest BCUT2D eigenvalue weighted by molar-refractivity contribution is 5.83. The van der Waals surface area contributed by atoms with Crippen LogP contribution in [0.1, 0.15) is 65.2 Å². The lowest BCUT2D eigenvalue weighted by molar-refractivity contribution is -0.134. The number of aromatic amines is 1. The van der Waals surface area contributed by atoms with E-state index in [2.05, 4.69) is 93.2 Å². The SMILES string of the molecule is CC(C)C(O)CN(CC(=O)N(CCc1c[nH]c2ccccc12)Cc1ccc(C(C)(C)C)cc1)C(C)C. The minimum absolute atomic E-state index is 0.0956. The Hall–Kier alpha value is -2.63. The number of hydrogen-bond acceptors (Lipinski definition) is 3. The quantitative estimate of drug-likeness (QED) is 0.358. The molecule has 0 aliphatic heterocycles. The van der Waals surface area contributed by atoms with Crippen molar-refractivity contribution in [2.75, 3.05) is 19.6 Å². The maximum absolute atomic E-state index is 13.7. The molecule has 0 fully saturated rings. The van der Waals surface area contributed by atoms with Gasteiger partial charge in [0.15, 0.2) is 0 Å². The van der Waals surface area contributed by atoms with Crippen LogP contribution < -0.4 is 0 Å². The average Bonchev–Trinajstić information content (AvgIpc) is 3.23. The number of para-hydroxylation sites is 1. The summed E-state index contributed by atoms with van der Waals surface area (Å²) in [6.45, 7) is 16.8. The van der Waals surface area contributed by atoms with Crippen molar-refractivity contribution < 1.29 is 9.90 Å². The van der Waals surface area contributed by atoms with E-state index in [0.717, 1.165) is 17.5 Å². The standard InChI is InChI=1S/C31H45N3O2/c1-22(2)29(35)20-34(23(3)4)21-30(36)33(19-24-12-14-26(15-13-24)31(5,6)7)17-16-25-18-32-28-11-9-8-10-27(25)28/h8-15,18,22-23,29,32,35H,16-17,19-21H2,1-7H3. The van der Waals surface area contributed by atoms with E-state index < -0.39 is 6.10 Å². The minimum atomic E-state index is -0.454. The van der Waals surface area contributed by atoms with Gasteiger partial charge in [0.2, 0.25) is 5.91 Å². The zero-order valence-electron chi connectivity index (χ0n) is 23.2. The number of hydrogen-bond donors (Lipinski definition) is 2. The fourth-order valence-corrected chi connectivity index (χ4v) is 4.40. The lowest BCUT2D eigenvalue weighted by Crippen LogP contribution is -2.46. The van der Waals surface area contributed by atoms with E-state index in [1.807, 2.05) is 24.8 Å². The number of aromatic nitrogens is 1. The van der Waals surface area contributed by atoms with Gasteiger partial charge in [0.05, 0.1) is 12.6 Å². The number of carbonyl (C=O) groups is 1. The highest BCUT2D eigenvalue weighted by Crippen LogP contribution is 2.23. The maximum Gasteiger partial charge on any atom is 0.237 e. The molecule has 0 spiro atoms. The van der Waals surface area contributed by atoms with E-state index in [-0.39, 0.29) is 23.3 Å². The number of benzene rings is 2. The molecular weight excluding hydrogens is 446 g/mol. The van der Waals surface area contributed by atoms with Gasteiger partial charge in [0, 0.05) is 42.8 Å². The van der Waals surface area contributed by atoms with Gasteiger partial charge in [-0.15, -0.1) is 0 Å². The van der Waals surface area contributed by atoms with Crippen molar-refractivity contribution in [1.29, 1.82) is 0 Å². The molecule has 1 atom stereocenters. The number of rotatable bonds is 11. The normalized spacial score (nSPS) is 13.2. The molecule has 0 saturated carbocycles. The van der Waals surface area contributed by atoms with Crippen LogP contribution in [0.15, 0.2) is 54.7 Å². The van der Waals surface area contributed by atoms with Crippen LogP contribution in [0.4, 0.5) is 0 Å². The molecule has 3 aromatic rings. The summed E-state index contributed by atoms with van der Waals surface area (Å²) in [5.41, 5.74) is 4.86. The molecule has 1 aromatic heterocycles. The molecule has 3 rings (SSSR count). The third-order valence-electron chi connectivity index (χ3n) is 7.13. The van der Waals surface area contributed by atoms with Crippen molar-refractivity contribution in [1.82, 2.24) is 14.8 Å². The van der Waals surface area contributed by atoms with E-state index in [0.29, 0.717) is 26.2 Å². The number of H-pyrrole nitrogens is 1. The van der Waals surface area contributed by atoms with Gasteiger partial charge in [-0.05, 0) is 54.4 Å². The molecule has 1 unspecified atom stereocenters. The van der Waals surface area contributed by atoms with E-state index in [1.54, 1.807) is 0 Å². The molecule has 0 saturated heterocycles. The third kappa shape index (κ3) is 7.44. The van der Waals surface area contributed by atoms with Crippen LogP contribution >= 0.6 is 0 Å². The van der Waals surface area contributed by atoms with Gasteiger partial charge in [-0.1, -0.05) is 77.1 Å². The highest BCUT2D eigenvalue weighted by Gasteiger charge is 2.23. The van der Waals surface area contributed by atoms with Gasteiger partial charge in [-0.25, -0.2) is 0 Å². The summed E-state index contributed by atoms with van der Waals surface area (Å²) < 4.78 is 0. The Balaban J connectivity index is 1.79. The van der Waals surface area contributed by atoms with Crippen LogP contribution in [-0.4, -0.2) is 57.6 Å². The predicted molar refractivity (Wildman–Crippen MR) is 150 cm³/mol. The molecule has 2 aromatic carbocycles. The number of fused-ring (bicyclic) bond motifs is 1. The first-order chi connectivity index (χ1) is 17.0. The van der Waals surface area contributed by atoms with Gasteiger partial charge in [-0.2, -0.15) is 0 Å². The summed E-state index contributed by atoms with van der Waals surface area (Å²) in [5.74, 6) is 0.250. The van der Waals surface area contributed by atoms with E-state index in [4.69, 9.17) is 0 Å². The number of carbonyl (C=O) groups excluding carboxylic acids is 1. The third-order valence-corrected chi connectivity index (χ3v) is 7.13. The molecule has 196 valence electrons. The van der Waals surface area contributed by atoms with Gasteiger partial charge in [0.1, 0.15) is 0 Å². The number of aliphatic hydroxyl groups excluding tert-OH is 1. The second-order valence-corrected chi connectivity index (χ2v) is 11.7. The fraction of sp³-hybridized carbons (Fsp3) is 0.516. The number of amides is 1. The Morgan fingerprint density at radius 2 is 1.67 bits per heavy atom. The summed E-state index contributed by atoms with van der Waals surface area (Å²) in [5, 5.41) is 11.7. The van der Waals surface area contributed by atoms with Gasteiger partial charge in [0.25, 0.3) is 0 Å². The monoisotopic (exact) mass is 491 g/mol. The lowest BCUT2D eigenvalue weighted by atomic mass is 9.87. The van der Waals surface area contributed by atoms with E-state index in [1.165, 1.54) is 16.5 Å². The first-order valence-corrected chi connectivity index (χ1v) is 13.3. The molecule has 1 heterocycles. The van der Waals surface area contributed by atoms with Gasteiger partial charge < -0.3 is 15.0 Å². The first kappa shape index (κ1) is 27.9. The Bertz CT molecular complexity index is 1110. The molecule has 2 N–H and O–H groups in total. The number of nitrogens with zero attached hydrogens (tertiary/aromatic N) is 2. The minimum Gasteiger partial charge on any atom is -0.392 e. The molecule has 5 nitrogen and oxygen atoms in total. The summed E-state index contributed by atoms with van der Waals surface area (Å²) in [4.78, 5) is 21.1. The topological polar surface area (TPSA) is 59.6 Å². The Morgan fingerprint density at radius 1 is 1.00 bits per heavy atom. The first-order valence-electron chi connectivity index (χ1n) is 13.3. The van der Waals surface area contributed by atoms with Crippen molar-refractivity contribution in [3.63, 3.8) is 0 Å². The summed E-state index contributed by atoms with van der Waals surface area (Å²) in [7, 11) is 0. The predicted octanol–water partition coefficient (Wildman–Crippen LogP) is 5.76. The van der Waals surface area contributed by atoms with Crippen LogP contribution in [0.3, 0.4) is 0 Å². The van der Waals surface area contributed by atoms with Crippen molar-refractivity contribution in [3.8, 4) is 0 Å². The molecule has 5 heteroatoms. The average molecular weight is 492 g/mol. The van der Waals surface area contributed by atoms with Crippen LogP contribution in [0.2, 0.25) is 0 Å². The number of nitrogens with one attached hydrogen (secondary N) is 1. The summed E-state index contributed by atoms with van der Waals surface area (Å²) in [6, 6.07) is 17.1. The number of aliphatic hydroxyl groups is 1. The highest BCUT2D eigenvalue weighted by atomic mass is 16.3. The van der Waals surface area contributed by atoms with E-state index in [9.17, 15) is 9.90 Å². The molecule has 0 aliphatic rings. The molecule has 36 heavy (non-hydrogen) atoms. The Kier molecular flexibility index (Phi) is 9.37. The zero-order valence-corrected chi connectivity index (χ0v) is 23.2. The van der Waals surface area contributed by atoms with Gasteiger partial charge >= 0.3 is 0 Å². The molecular formula is C31H45N3O2. The van der Waals surface area contributed by atoms with E-state index >= 15 is 0 Å². The fourth-order valence-electron chi connectivity index (χ4n) is 4.40. The van der Waals surface area contributed by atoms with Crippen molar-refractivity contribution in [3.05, 3.63) is 71.4 Å². The molecule has 0 radical (unpaired) electrons. The summed E-state index contributed by atoms with van der Waals surface area (Å²) >= 11 is 0. The molecule has 0 aliphatic carbocycles.